The van der Waals surface area contributed by atoms with E-state index < -0.39 is 0 Å². The third kappa shape index (κ3) is 1.99. The Morgan fingerprint density at radius 3 is 2.72 bits per heavy atom. The number of ether oxygens (including phenoxy) is 1. The van der Waals surface area contributed by atoms with E-state index in [1.807, 2.05) is 30.0 Å². The summed E-state index contributed by atoms with van der Waals surface area (Å²) < 4.78 is 11.1. The van der Waals surface area contributed by atoms with Gasteiger partial charge in [-0.3, -0.25) is 4.79 Å². The largest absolute Gasteiger partial charge is 0.440 e. The van der Waals surface area contributed by atoms with Gasteiger partial charge in [0.15, 0.2) is 11.3 Å². The minimum absolute atomic E-state index is 0.0152. The summed E-state index contributed by atoms with van der Waals surface area (Å²) >= 11 is 0. The van der Waals surface area contributed by atoms with Crippen molar-refractivity contribution in [3.8, 4) is 0 Å². The lowest BCUT2D eigenvalue weighted by atomic mass is 10.1. The van der Waals surface area contributed by atoms with Gasteiger partial charge in [-0.15, -0.1) is 0 Å². The number of hydrogen-bond donors (Lipinski definition) is 0. The van der Waals surface area contributed by atoms with Crippen LogP contribution in [0.1, 0.15) is 5.56 Å². The molecule has 1 aliphatic rings. The van der Waals surface area contributed by atoms with Crippen LogP contribution < -0.4 is 10.3 Å². The van der Waals surface area contributed by atoms with Crippen LogP contribution in [0.4, 0.5) is 5.88 Å². The van der Waals surface area contributed by atoms with Crippen molar-refractivity contribution in [1.82, 2.24) is 0 Å². The van der Waals surface area contributed by atoms with E-state index in [2.05, 4.69) is 0 Å². The smallest absolute Gasteiger partial charge is 0.200 e. The molecule has 2 heterocycles. The Balaban J connectivity index is 2.09. The molecule has 0 atom stereocenters. The molecule has 4 heteroatoms. The average Bonchev–Trinajstić information content (AvgIpc) is 2.40. The molecule has 0 radical (unpaired) electrons. The quantitative estimate of drug-likeness (QED) is 0.770. The van der Waals surface area contributed by atoms with Crippen LogP contribution in [0.2, 0.25) is 0 Å². The fraction of sp³-hybridized carbons (Fsp3) is 0.357. The molecule has 3 rings (SSSR count). The Kier molecular flexibility index (Phi) is 2.80. The van der Waals surface area contributed by atoms with Gasteiger partial charge in [-0.05, 0) is 19.1 Å². The Labute approximate surface area is 105 Å². The number of rotatable bonds is 1. The second kappa shape index (κ2) is 4.46. The topological polar surface area (TPSA) is 42.7 Å². The van der Waals surface area contributed by atoms with E-state index in [1.54, 1.807) is 6.07 Å². The summed E-state index contributed by atoms with van der Waals surface area (Å²) in [7, 11) is 0. The first-order valence-corrected chi connectivity index (χ1v) is 6.11. The molecule has 0 amide bonds. The number of hydrogen-bond acceptors (Lipinski definition) is 4. The van der Waals surface area contributed by atoms with E-state index in [0.717, 1.165) is 18.7 Å². The molecule has 1 aromatic heterocycles. The lowest BCUT2D eigenvalue weighted by Crippen LogP contribution is -2.36. The van der Waals surface area contributed by atoms with Crippen LogP contribution in [-0.2, 0) is 4.74 Å². The summed E-state index contributed by atoms with van der Waals surface area (Å²) in [4.78, 5) is 14.1. The summed E-state index contributed by atoms with van der Waals surface area (Å²) in [5, 5.41) is 0.645. The predicted octanol–water partition coefficient (Wildman–Crippen LogP) is 1.94. The predicted molar refractivity (Wildman–Crippen MR) is 70.3 cm³/mol. The second-order valence-electron chi connectivity index (χ2n) is 4.55. The first kappa shape index (κ1) is 11.3. The van der Waals surface area contributed by atoms with Gasteiger partial charge >= 0.3 is 0 Å². The number of nitrogens with zero attached hydrogens (tertiary/aromatic N) is 1. The van der Waals surface area contributed by atoms with Gasteiger partial charge in [-0.1, -0.05) is 11.6 Å². The first-order chi connectivity index (χ1) is 8.74. The lowest BCUT2D eigenvalue weighted by Gasteiger charge is -2.27. The SMILES string of the molecule is Cc1ccc2oc(N3CCOCC3)cc(=O)c2c1. The van der Waals surface area contributed by atoms with Gasteiger partial charge in [0.05, 0.1) is 18.6 Å². The van der Waals surface area contributed by atoms with Gasteiger partial charge in [0, 0.05) is 19.2 Å². The third-order valence-electron chi connectivity index (χ3n) is 3.19. The average molecular weight is 245 g/mol. The van der Waals surface area contributed by atoms with Gasteiger partial charge in [0.2, 0.25) is 0 Å². The molecule has 0 N–H and O–H groups in total. The van der Waals surface area contributed by atoms with E-state index in [9.17, 15) is 4.79 Å². The highest BCUT2D eigenvalue weighted by Gasteiger charge is 2.15. The van der Waals surface area contributed by atoms with Gasteiger partial charge in [0.25, 0.3) is 0 Å². The summed E-state index contributed by atoms with van der Waals surface area (Å²) in [6.45, 7) is 4.85. The van der Waals surface area contributed by atoms with Crippen LogP contribution in [0.3, 0.4) is 0 Å². The fourth-order valence-electron chi connectivity index (χ4n) is 2.20. The maximum Gasteiger partial charge on any atom is 0.200 e. The molecule has 0 bridgehead atoms. The molecular weight excluding hydrogens is 230 g/mol. The normalized spacial score (nSPS) is 16.2. The molecule has 1 saturated heterocycles. The monoisotopic (exact) mass is 245 g/mol. The van der Waals surface area contributed by atoms with Crippen LogP contribution in [0.15, 0.2) is 33.5 Å². The summed E-state index contributed by atoms with van der Waals surface area (Å²) in [6, 6.07) is 7.25. The van der Waals surface area contributed by atoms with Crippen molar-refractivity contribution in [2.75, 3.05) is 31.2 Å². The summed E-state index contributed by atoms with van der Waals surface area (Å²) in [5.41, 5.74) is 1.73. The van der Waals surface area contributed by atoms with Crippen molar-refractivity contribution < 1.29 is 9.15 Å². The first-order valence-electron chi connectivity index (χ1n) is 6.11. The van der Waals surface area contributed by atoms with Crippen LogP contribution in [0.5, 0.6) is 0 Å². The van der Waals surface area contributed by atoms with Crippen molar-refractivity contribution >= 4 is 16.9 Å². The number of benzene rings is 1. The van der Waals surface area contributed by atoms with Crippen molar-refractivity contribution in [2.24, 2.45) is 0 Å². The molecule has 0 unspecified atom stereocenters. The van der Waals surface area contributed by atoms with Crippen LogP contribution in [0.25, 0.3) is 11.0 Å². The second-order valence-corrected chi connectivity index (χ2v) is 4.55. The molecule has 1 fully saturated rings. The van der Waals surface area contributed by atoms with Crippen molar-refractivity contribution in [3.63, 3.8) is 0 Å². The number of aryl methyl sites for hydroxylation is 1. The highest BCUT2D eigenvalue weighted by Crippen LogP contribution is 2.20. The van der Waals surface area contributed by atoms with Crippen molar-refractivity contribution in [2.45, 2.75) is 6.92 Å². The Bertz CT molecular complexity index is 626. The highest BCUT2D eigenvalue weighted by atomic mass is 16.5. The third-order valence-corrected chi connectivity index (χ3v) is 3.19. The standard InChI is InChI=1S/C14H15NO3/c1-10-2-3-13-11(8-10)12(16)9-14(18-13)15-4-6-17-7-5-15/h2-3,8-9H,4-7H2,1H3. The fourth-order valence-corrected chi connectivity index (χ4v) is 2.20. The number of morpholine rings is 1. The molecule has 0 saturated carbocycles. The zero-order valence-electron chi connectivity index (χ0n) is 10.3. The minimum atomic E-state index is 0.0152. The lowest BCUT2D eigenvalue weighted by molar-refractivity contribution is 0.121. The number of anilines is 1. The number of fused-ring (bicyclic) bond motifs is 1. The summed E-state index contributed by atoms with van der Waals surface area (Å²) in [6.07, 6.45) is 0. The molecule has 94 valence electrons. The Morgan fingerprint density at radius 2 is 1.94 bits per heavy atom. The molecule has 2 aromatic rings. The molecule has 18 heavy (non-hydrogen) atoms. The van der Waals surface area contributed by atoms with Gasteiger partial charge in [-0.25, -0.2) is 0 Å². The van der Waals surface area contributed by atoms with Gasteiger partial charge in [0.1, 0.15) is 5.58 Å². The van der Waals surface area contributed by atoms with Crippen LogP contribution >= 0.6 is 0 Å². The van der Waals surface area contributed by atoms with E-state index >= 15 is 0 Å². The maximum atomic E-state index is 12.1. The molecule has 1 aromatic carbocycles. The van der Waals surface area contributed by atoms with Gasteiger partial charge in [-0.2, -0.15) is 0 Å². The Hall–Kier alpha value is -1.81. The van der Waals surface area contributed by atoms with Crippen LogP contribution in [-0.4, -0.2) is 26.3 Å². The molecule has 4 nitrogen and oxygen atoms in total. The van der Waals surface area contributed by atoms with E-state index in [0.29, 0.717) is 30.1 Å². The maximum absolute atomic E-state index is 12.1. The molecular formula is C14H15NO3. The van der Waals surface area contributed by atoms with Gasteiger partial charge < -0.3 is 14.1 Å². The Morgan fingerprint density at radius 1 is 1.17 bits per heavy atom. The van der Waals surface area contributed by atoms with Crippen molar-refractivity contribution in [3.05, 3.63) is 40.1 Å². The van der Waals surface area contributed by atoms with E-state index in [-0.39, 0.29) is 5.43 Å². The van der Waals surface area contributed by atoms with Crippen LogP contribution in [0, 0.1) is 6.92 Å². The van der Waals surface area contributed by atoms with E-state index in [1.165, 1.54) is 0 Å². The minimum Gasteiger partial charge on any atom is -0.440 e. The van der Waals surface area contributed by atoms with Crippen molar-refractivity contribution in [1.29, 1.82) is 0 Å². The molecule has 1 aliphatic heterocycles. The van der Waals surface area contributed by atoms with E-state index in [4.69, 9.17) is 9.15 Å². The highest BCUT2D eigenvalue weighted by molar-refractivity contribution is 5.78. The molecule has 0 spiro atoms. The zero-order chi connectivity index (χ0) is 12.5. The zero-order valence-corrected chi connectivity index (χ0v) is 10.3. The molecule has 0 aliphatic carbocycles. The summed E-state index contributed by atoms with van der Waals surface area (Å²) in [5.74, 6) is 0.639.